The van der Waals surface area contributed by atoms with Crippen molar-refractivity contribution in [1.29, 1.82) is 0 Å². The molecule has 0 saturated heterocycles. The van der Waals surface area contributed by atoms with Gasteiger partial charge in [-0.1, -0.05) is 31.6 Å². The lowest BCUT2D eigenvalue weighted by molar-refractivity contribution is -0.592. The van der Waals surface area contributed by atoms with Gasteiger partial charge in [0.05, 0.1) is 0 Å². The van der Waals surface area contributed by atoms with E-state index in [1.54, 1.807) is 13.0 Å². The highest BCUT2D eigenvalue weighted by atomic mass is 16.6. The van der Waals surface area contributed by atoms with Crippen molar-refractivity contribution >= 4 is 5.78 Å². The minimum Gasteiger partial charge on any atom is -0.295 e. The lowest BCUT2D eigenvalue weighted by Gasteiger charge is -2.40. The maximum Gasteiger partial charge on any atom is 0.231 e. The molecule has 0 aromatic carbocycles. The van der Waals surface area contributed by atoms with Gasteiger partial charge in [0.25, 0.3) is 0 Å². The van der Waals surface area contributed by atoms with Crippen molar-refractivity contribution in [2.24, 2.45) is 5.41 Å². The summed E-state index contributed by atoms with van der Waals surface area (Å²) in [6.45, 7) is 7.46. The van der Waals surface area contributed by atoms with Gasteiger partial charge in [0.15, 0.2) is 5.78 Å². The zero-order valence-corrected chi connectivity index (χ0v) is 12.2. The average Bonchev–Trinajstić information content (AvgIpc) is 2.28. The van der Waals surface area contributed by atoms with Crippen molar-refractivity contribution in [3.05, 3.63) is 33.9 Å². The Morgan fingerprint density at radius 3 is 2.63 bits per heavy atom. The molecular formula is C15H23NO3. The van der Waals surface area contributed by atoms with Crippen LogP contribution in [0.1, 0.15) is 53.4 Å². The predicted octanol–water partition coefficient (Wildman–Crippen LogP) is 3.69. The fourth-order valence-corrected chi connectivity index (χ4v) is 2.82. The van der Waals surface area contributed by atoms with E-state index in [2.05, 4.69) is 0 Å². The van der Waals surface area contributed by atoms with E-state index < -0.39 is 11.0 Å². The Bertz CT molecular complexity index is 435. The van der Waals surface area contributed by atoms with Crippen molar-refractivity contribution < 1.29 is 9.72 Å². The van der Waals surface area contributed by atoms with E-state index in [4.69, 9.17) is 0 Å². The van der Waals surface area contributed by atoms with E-state index in [0.717, 1.165) is 6.42 Å². The normalized spacial score (nSPS) is 24.3. The van der Waals surface area contributed by atoms with Gasteiger partial charge < -0.3 is 0 Å². The second kappa shape index (κ2) is 5.68. The molecule has 0 aromatic heterocycles. The van der Waals surface area contributed by atoms with Crippen LogP contribution in [-0.4, -0.2) is 16.2 Å². The zero-order valence-electron chi connectivity index (χ0n) is 12.2. The molecule has 0 amide bonds. The van der Waals surface area contributed by atoms with Crippen LogP contribution in [0.3, 0.4) is 0 Å². The quantitative estimate of drug-likeness (QED) is 0.329. The topological polar surface area (TPSA) is 60.2 Å². The number of ketones is 1. The van der Waals surface area contributed by atoms with Crippen LogP contribution in [0.2, 0.25) is 0 Å². The number of allylic oxidation sites excluding steroid dienone is 3. The molecule has 0 aliphatic heterocycles. The number of hydrogen-bond donors (Lipinski definition) is 0. The Kier molecular flexibility index (Phi) is 4.66. The van der Waals surface area contributed by atoms with E-state index in [1.807, 2.05) is 26.8 Å². The Labute approximate surface area is 114 Å². The second-order valence-corrected chi connectivity index (χ2v) is 6.07. The maximum absolute atomic E-state index is 11.8. The Balaban J connectivity index is 3.05. The summed E-state index contributed by atoms with van der Waals surface area (Å²) in [5, 5.41) is 11.6. The second-order valence-electron chi connectivity index (χ2n) is 6.07. The molecule has 0 saturated carbocycles. The number of hydrogen-bond acceptors (Lipinski definition) is 3. The molecule has 0 heterocycles. The summed E-state index contributed by atoms with van der Waals surface area (Å²) in [5.74, 6) is -0.0417. The van der Waals surface area contributed by atoms with Crippen molar-refractivity contribution in [2.75, 3.05) is 0 Å². The number of rotatable bonds is 5. The van der Waals surface area contributed by atoms with Gasteiger partial charge in [0.1, 0.15) is 0 Å². The first-order chi connectivity index (χ1) is 8.75. The highest BCUT2D eigenvalue weighted by molar-refractivity contribution is 5.90. The van der Waals surface area contributed by atoms with Crippen LogP contribution in [0.4, 0.5) is 0 Å². The van der Waals surface area contributed by atoms with Gasteiger partial charge in [0.2, 0.25) is 5.54 Å². The number of nitro groups is 1. The monoisotopic (exact) mass is 265 g/mol. The van der Waals surface area contributed by atoms with E-state index in [-0.39, 0.29) is 17.1 Å². The van der Waals surface area contributed by atoms with Gasteiger partial charge in [0, 0.05) is 29.6 Å². The van der Waals surface area contributed by atoms with Gasteiger partial charge in [-0.25, -0.2) is 0 Å². The molecule has 0 N–H and O–H groups in total. The third-order valence-corrected chi connectivity index (χ3v) is 4.30. The van der Waals surface area contributed by atoms with Crippen molar-refractivity contribution in [1.82, 2.24) is 0 Å². The van der Waals surface area contributed by atoms with Crippen LogP contribution in [0.5, 0.6) is 0 Å². The minimum absolute atomic E-state index is 0.0417. The molecule has 0 aromatic rings. The average molecular weight is 265 g/mol. The molecule has 1 unspecified atom stereocenters. The Morgan fingerprint density at radius 2 is 2.21 bits per heavy atom. The molecule has 106 valence electrons. The van der Waals surface area contributed by atoms with Gasteiger partial charge in [-0.05, 0) is 26.3 Å². The Hall–Kier alpha value is -1.45. The molecule has 0 radical (unpaired) electrons. The van der Waals surface area contributed by atoms with E-state index >= 15 is 0 Å². The summed E-state index contributed by atoms with van der Waals surface area (Å²) in [6, 6.07) is 0. The molecule has 0 bridgehead atoms. The summed E-state index contributed by atoms with van der Waals surface area (Å²) in [6.07, 6.45) is 7.02. The molecule has 4 heteroatoms. The van der Waals surface area contributed by atoms with Gasteiger partial charge in [-0.2, -0.15) is 0 Å². The van der Waals surface area contributed by atoms with Crippen LogP contribution in [0, 0.1) is 15.5 Å². The molecule has 1 aliphatic rings. The van der Waals surface area contributed by atoms with Gasteiger partial charge in [-0.3, -0.25) is 14.9 Å². The number of carbonyl (C=O) groups is 1. The van der Waals surface area contributed by atoms with Crippen molar-refractivity contribution in [3.63, 3.8) is 0 Å². The van der Waals surface area contributed by atoms with E-state index in [0.29, 0.717) is 12.8 Å². The van der Waals surface area contributed by atoms with Gasteiger partial charge in [-0.15, -0.1) is 0 Å². The fourth-order valence-electron chi connectivity index (χ4n) is 2.82. The Morgan fingerprint density at radius 1 is 1.58 bits per heavy atom. The third kappa shape index (κ3) is 3.11. The fraction of sp³-hybridized carbons (Fsp3) is 0.667. The summed E-state index contributed by atoms with van der Waals surface area (Å²) >= 11 is 0. The molecule has 4 nitrogen and oxygen atoms in total. The van der Waals surface area contributed by atoms with Crippen LogP contribution < -0.4 is 0 Å². The third-order valence-electron chi connectivity index (χ3n) is 4.30. The summed E-state index contributed by atoms with van der Waals surface area (Å²) in [5.41, 5.74) is -0.471. The SMILES string of the molecule is C/C=C\C(=O)CC(C)(C)C1([N+](=O)[O-])CC=C(C)CC1. The van der Waals surface area contributed by atoms with Crippen molar-refractivity contribution in [3.8, 4) is 0 Å². The highest BCUT2D eigenvalue weighted by Crippen LogP contribution is 2.46. The van der Waals surface area contributed by atoms with E-state index in [1.165, 1.54) is 11.6 Å². The maximum atomic E-state index is 11.8. The molecule has 1 rings (SSSR count). The smallest absolute Gasteiger partial charge is 0.231 e. The first-order valence-electron chi connectivity index (χ1n) is 6.71. The lowest BCUT2D eigenvalue weighted by atomic mass is 9.63. The molecule has 0 spiro atoms. The van der Waals surface area contributed by atoms with Gasteiger partial charge >= 0.3 is 0 Å². The van der Waals surface area contributed by atoms with Crippen LogP contribution in [-0.2, 0) is 4.79 Å². The largest absolute Gasteiger partial charge is 0.295 e. The molecular weight excluding hydrogens is 242 g/mol. The van der Waals surface area contributed by atoms with Crippen LogP contribution in [0.25, 0.3) is 0 Å². The van der Waals surface area contributed by atoms with Crippen LogP contribution in [0.15, 0.2) is 23.8 Å². The number of nitrogens with zero attached hydrogens (tertiary/aromatic N) is 1. The molecule has 19 heavy (non-hydrogen) atoms. The van der Waals surface area contributed by atoms with Crippen molar-refractivity contribution in [2.45, 2.75) is 58.9 Å². The summed E-state index contributed by atoms with van der Waals surface area (Å²) < 4.78 is 0. The lowest BCUT2D eigenvalue weighted by Crippen LogP contribution is -2.52. The summed E-state index contributed by atoms with van der Waals surface area (Å²) in [4.78, 5) is 23.3. The summed E-state index contributed by atoms with van der Waals surface area (Å²) in [7, 11) is 0. The minimum atomic E-state index is -1.02. The highest BCUT2D eigenvalue weighted by Gasteiger charge is 2.56. The standard InChI is InChI=1S/C15H23NO3/c1-5-6-13(17)11-14(3,4)15(16(18)19)9-7-12(2)8-10-15/h5-7H,8-11H2,1-4H3/b6-5-. The first kappa shape index (κ1) is 15.6. The molecule has 0 fully saturated rings. The molecule has 1 atom stereocenters. The van der Waals surface area contributed by atoms with E-state index in [9.17, 15) is 14.9 Å². The molecule has 1 aliphatic carbocycles. The predicted molar refractivity (Wildman–Crippen MR) is 75.6 cm³/mol. The first-order valence-corrected chi connectivity index (χ1v) is 6.71. The number of carbonyl (C=O) groups excluding carboxylic acids is 1. The zero-order chi connectivity index (χ0) is 14.7. The van der Waals surface area contributed by atoms with Crippen LogP contribution >= 0.6 is 0 Å².